The van der Waals surface area contributed by atoms with Gasteiger partial charge in [0.25, 0.3) is 0 Å². The fourth-order valence-corrected chi connectivity index (χ4v) is 2.81. The number of benzene rings is 1. The first kappa shape index (κ1) is 16.8. The highest BCUT2D eigenvalue weighted by Gasteiger charge is 2.33. The van der Waals surface area contributed by atoms with Crippen LogP contribution in [0.2, 0.25) is 0 Å². The smallest absolute Gasteiger partial charge is 0.410 e. The molecule has 1 amide bonds. The van der Waals surface area contributed by atoms with Crippen molar-refractivity contribution >= 4 is 6.09 Å². The lowest BCUT2D eigenvalue weighted by atomic mass is 9.86. The first-order chi connectivity index (χ1) is 10.2. The number of likely N-dealkylation sites (tertiary alicyclic amines) is 1. The normalized spacial score (nSPS) is 22.5. The Morgan fingerprint density at radius 1 is 1.27 bits per heavy atom. The maximum absolute atomic E-state index is 12.1. The number of rotatable bonds is 1. The molecule has 0 bridgehead atoms. The molecule has 1 aliphatic heterocycles. The topological polar surface area (TPSA) is 49.8 Å². The Labute approximate surface area is 133 Å². The maximum Gasteiger partial charge on any atom is 0.410 e. The van der Waals surface area contributed by atoms with E-state index in [0.717, 1.165) is 12.0 Å². The molecule has 122 valence electrons. The van der Waals surface area contributed by atoms with Crippen LogP contribution in [0.3, 0.4) is 0 Å². The summed E-state index contributed by atoms with van der Waals surface area (Å²) in [7, 11) is 0. The molecule has 1 saturated heterocycles. The molecule has 4 heteroatoms. The Balaban J connectivity index is 2.03. The van der Waals surface area contributed by atoms with Crippen molar-refractivity contribution in [2.24, 2.45) is 0 Å². The van der Waals surface area contributed by atoms with Crippen LogP contribution in [0.25, 0.3) is 0 Å². The summed E-state index contributed by atoms with van der Waals surface area (Å²) in [5, 5.41) is 10.5. The molecule has 0 unspecified atom stereocenters. The van der Waals surface area contributed by atoms with Gasteiger partial charge in [0, 0.05) is 12.5 Å². The van der Waals surface area contributed by atoms with Gasteiger partial charge in [0.2, 0.25) is 0 Å². The number of nitrogens with zero attached hydrogens (tertiary/aromatic N) is 1. The number of hydrogen-bond donors (Lipinski definition) is 1. The van der Waals surface area contributed by atoms with E-state index in [0.29, 0.717) is 13.1 Å². The molecule has 2 atom stereocenters. The van der Waals surface area contributed by atoms with Gasteiger partial charge < -0.3 is 14.7 Å². The van der Waals surface area contributed by atoms with E-state index in [1.54, 1.807) is 4.90 Å². The average molecular weight is 305 g/mol. The maximum atomic E-state index is 12.1. The SMILES string of the molecule is Cc1ccc([C@@H]2CCN(C(=O)OC(C)(C)C)C[C@H]2O)cc1C. The van der Waals surface area contributed by atoms with E-state index in [1.807, 2.05) is 20.8 Å². The lowest BCUT2D eigenvalue weighted by Crippen LogP contribution is -2.47. The standard InChI is InChI=1S/C18H27NO3/c1-12-6-7-14(10-13(12)2)15-8-9-19(11-16(15)20)17(21)22-18(3,4)5/h6-7,10,15-16,20H,8-9,11H2,1-5H3/t15-,16+/m0/s1. The van der Waals surface area contributed by atoms with Crippen LogP contribution in [0.5, 0.6) is 0 Å². The summed E-state index contributed by atoms with van der Waals surface area (Å²) in [5.41, 5.74) is 3.13. The molecule has 4 nitrogen and oxygen atoms in total. The second-order valence-corrected chi connectivity index (χ2v) is 7.23. The third kappa shape index (κ3) is 4.01. The summed E-state index contributed by atoms with van der Waals surface area (Å²) < 4.78 is 5.38. The Morgan fingerprint density at radius 2 is 1.95 bits per heavy atom. The van der Waals surface area contributed by atoms with Gasteiger partial charge in [0.1, 0.15) is 5.60 Å². The Kier molecular flexibility index (Phi) is 4.81. The number of piperidine rings is 1. The average Bonchev–Trinajstić information content (AvgIpc) is 2.40. The quantitative estimate of drug-likeness (QED) is 0.865. The Hall–Kier alpha value is -1.55. The van der Waals surface area contributed by atoms with Crippen LogP contribution in [0.15, 0.2) is 18.2 Å². The molecule has 0 saturated carbocycles. The molecule has 0 spiro atoms. The zero-order valence-corrected chi connectivity index (χ0v) is 14.2. The van der Waals surface area contributed by atoms with Crippen molar-refractivity contribution in [2.75, 3.05) is 13.1 Å². The lowest BCUT2D eigenvalue weighted by Gasteiger charge is -2.37. The monoisotopic (exact) mass is 305 g/mol. The zero-order valence-electron chi connectivity index (χ0n) is 14.2. The minimum atomic E-state index is -0.552. The summed E-state index contributed by atoms with van der Waals surface area (Å²) in [4.78, 5) is 13.7. The van der Waals surface area contributed by atoms with E-state index in [1.165, 1.54) is 11.1 Å². The highest BCUT2D eigenvalue weighted by molar-refractivity contribution is 5.68. The number of hydrogen-bond acceptors (Lipinski definition) is 3. The van der Waals surface area contributed by atoms with Gasteiger partial charge in [-0.05, 0) is 57.7 Å². The minimum Gasteiger partial charge on any atom is -0.444 e. The van der Waals surface area contributed by atoms with Crippen LogP contribution in [0, 0.1) is 13.8 Å². The van der Waals surface area contributed by atoms with E-state index in [4.69, 9.17) is 4.74 Å². The van der Waals surface area contributed by atoms with Gasteiger partial charge in [-0.15, -0.1) is 0 Å². The molecule has 0 aliphatic carbocycles. The third-order valence-electron chi connectivity index (χ3n) is 4.19. The van der Waals surface area contributed by atoms with Gasteiger partial charge in [-0.3, -0.25) is 0 Å². The van der Waals surface area contributed by atoms with E-state index in [-0.39, 0.29) is 12.0 Å². The van der Waals surface area contributed by atoms with Crippen molar-refractivity contribution in [1.29, 1.82) is 0 Å². The fraction of sp³-hybridized carbons (Fsp3) is 0.611. The molecule has 22 heavy (non-hydrogen) atoms. The number of amides is 1. The van der Waals surface area contributed by atoms with Crippen molar-refractivity contribution in [1.82, 2.24) is 4.90 Å². The molecular formula is C18H27NO3. The summed E-state index contributed by atoms with van der Waals surface area (Å²) in [6.45, 7) is 10.7. The van der Waals surface area contributed by atoms with Gasteiger partial charge in [0.05, 0.1) is 12.6 Å². The Morgan fingerprint density at radius 3 is 2.50 bits per heavy atom. The van der Waals surface area contributed by atoms with Gasteiger partial charge in [-0.25, -0.2) is 4.79 Å². The number of β-amino-alcohol motifs (C(OH)–C–C–N with tert-alkyl or cyclic N) is 1. The number of aryl methyl sites for hydroxylation is 2. The van der Waals surface area contributed by atoms with Crippen molar-refractivity contribution in [3.63, 3.8) is 0 Å². The Bertz CT molecular complexity index is 548. The van der Waals surface area contributed by atoms with Crippen LogP contribution in [-0.2, 0) is 4.74 Å². The van der Waals surface area contributed by atoms with Crippen LogP contribution in [0.1, 0.15) is 49.8 Å². The van der Waals surface area contributed by atoms with Crippen molar-refractivity contribution in [3.8, 4) is 0 Å². The minimum absolute atomic E-state index is 0.0815. The summed E-state index contributed by atoms with van der Waals surface area (Å²) in [6.07, 6.45) is -0.142. The van der Waals surface area contributed by atoms with Crippen LogP contribution < -0.4 is 0 Å². The molecule has 1 aromatic carbocycles. The van der Waals surface area contributed by atoms with E-state index >= 15 is 0 Å². The molecule has 1 heterocycles. The molecule has 1 aromatic rings. The number of aliphatic hydroxyl groups is 1. The van der Waals surface area contributed by atoms with Crippen molar-refractivity contribution in [2.45, 2.75) is 58.7 Å². The largest absolute Gasteiger partial charge is 0.444 e. The van der Waals surface area contributed by atoms with E-state index in [2.05, 4.69) is 32.0 Å². The van der Waals surface area contributed by atoms with Crippen molar-refractivity contribution < 1.29 is 14.6 Å². The molecule has 0 aromatic heterocycles. The molecular weight excluding hydrogens is 278 g/mol. The van der Waals surface area contributed by atoms with Gasteiger partial charge in [-0.1, -0.05) is 18.2 Å². The third-order valence-corrected chi connectivity index (χ3v) is 4.19. The second-order valence-electron chi connectivity index (χ2n) is 7.23. The first-order valence-electron chi connectivity index (χ1n) is 7.90. The van der Waals surface area contributed by atoms with Crippen LogP contribution in [0.4, 0.5) is 4.79 Å². The molecule has 2 rings (SSSR count). The predicted molar refractivity (Wildman–Crippen MR) is 87.1 cm³/mol. The predicted octanol–water partition coefficient (Wildman–Crippen LogP) is 3.39. The van der Waals surface area contributed by atoms with E-state index in [9.17, 15) is 9.90 Å². The van der Waals surface area contributed by atoms with Gasteiger partial charge >= 0.3 is 6.09 Å². The van der Waals surface area contributed by atoms with Gasteiger partial charge in [0.15, 0.2) is 0 Å². The number of aliphatic hydroxyl groups excluding tert-OH is 1. The summed E-state index contributed by atoms with van der Waals surface area (Å²) in [6, 6.07) is 6.32. The van der Waals surface area contributed by atoms with Crippen LogP contribution >= 0.6 is 0 Å². The second kappa shape index (κ2) is 6.29. The first-order valence-corrected chi connectivity index (χ1v) is 7.90. The summed E-state index contributed by atoms with van der Waals surface area (Å²) >= 11 is 0. The van der Waals surface area contributed by atoms with Crippen molar-refractivity contribution in [3.05, 3.63) is 34.9 Å². The molecule has 1 N–H and O–H groups in total. The molecule has 1 fully saturated rings. The van der Waals surface area contributed by atoms with Crippen LogP contribution in [-0.4, -0.2) is 40.9 Å². The van der Waals surface area contributed by atoms with E-state index < -0.39 is 11.7 Å². The molecule has 1 aliphatic rings. The van der Waals surface area contributed by atoms with Gasteiger partial charge in [-0.2, -0.15) is 0 Å². The number of carbonyl (C=O) groups excluding carboxylic acids is 1. The highest BCUT2D eigenvalue weighted by atomic mass is 16.6. The number of carbonyl (C=O) groups is 1. The molecule has 0 radical (unpaired) electrons. The lowest BCUT2D eigenvalue weighted by molar-refractivity contribution is -0.00152. The zero-order chi connectivity index (χ0) is 16.5. The fourth-order valence-electron chi connectivity index (χ4n) is 2.81. The number of ether oxygens (including phenoxy) is 1. The summed E-state index contributed by atoms with van der Waals surface area (Å²) in [5.74, 6) is 0.0815. The highest BCUT2D eigenvalue weighted by Crippen LogP contribution is 2.30.